The summed E-state index contributed by atoms with van der Waals surface area (Å²) in [5, 5.41) is 4.06. The van der Waals surface area contributed by atoms with Crippen LogP contribution in [0.5, 0.6) is 0 Å². The molecule has 0 aromatic carbocycles. The van der Waals surface area contributed by atoms with Crippen molar-refractivity contribution in [3.8, 4) is 0 Å². The van der Waals surface area contributed by atoms with Gasteiger partial charge in [-0.2, -0.15) is 16.7 Å². The topological polar surface area (TPSA) is 68.2 Å². The van der Waals surface area contributed by atoms with Gasteiger partial charge in [0.15, 0.2) is 0 Å². The van der Waals surface area contributed by atoms with Crippen molar-refractivity contribution in [1.82, 2.24) is 10.1 Å². The third-order valence-corrected chi connectivity index (χ3v) is 3.91. The van der Waals surface area contributed by atoms with Gasteiger partial charge in [-0.05, 0) is 36.4 Å². The summed E-state index contributed by atoms with van der Waals surface area (Å²) >= 11 is 1.78. The highest BCUT2D eigenvalue weighted by molar-refractivity contribution is 7.98. The Bertz CT molecular complexity index is 350. The molecule has 1 atom stereocenters. The second kappa shape index (κ2) is 6.99. The Labute approximate surface area is 112 Å². The van der Waals surface area contributed by atoms with Gasteiger partial charge in [-0.1, -0.05) is 12.8 Å². The van der Waals surface area contributed by atoms with Crippen molar-refractivity contribution < 1.29 is 4.52 Å². The summed E-state index contributed by atoms with van der Waals surface area (Å²) in [6, 6.07) is -0.134. The molecular weight excluding hydrogens is 248 g/mol. The lowest BCUT2D eigenvalue weighted by molar-refractivity contribution is 0.352. The summed E-state index contributed by atoms with van der Waals surface area (Å²) in [6.45, 7) is 2.05. The van der Waals surface area contributed by atoms with Gasteiger partial charge in [0.1, 0.15) is 0 Å². The van der Waals surface area contributed by atoms with Crippen LogP contribution in [0, 0.1) is 0 Å². The van der Waals surface area contributed by atoms with Crippen LogP contribution in [0.25, 0.3) is 0 Å². The van der Waals surface area contributed by atoms with Crippen LogP contribution in [0.1, 0.15) is 44.0 Å². The van der Waals surface area contributed by atoms with Gasteiger partial charge in [-0.3, -0.25) is 0 Å². The minimum absolute atomic E-state index is 0.134. The van der Waals surface area contributed by atoms with Crippen LogP contribution < -0.4 is 10.6 Å². The summed E-state index contributed by atoms with van der Waals surface area (Å²) in [5.41, 5.74) is 6.03. The molecule has 0 bridgehead atoms. The van der Waals surface area contributed by atoms with Crippen LogP contribution in [0.3, 0.4) is 0 Å². The van der Waals surface area contributed by atoms with Crippen LogP contribution in [0.15, 0.2) is 4.52 Å². The molecule has 2 rings (SSSR count). The lowest BCUT2D eigenvalue weighted by atomic mass is 10.2. The van der Waals surface area contributed by atoms with Gasteiger partial charge in [-0.15, -0.1) is 0 Å². The SMILES string of the molecule is CSCC[C@H](N)c1nc(N2CCCCCC2)no1. The van der Waals surface area contributed by atoms with Crippen LogP contribution in [0.4, 0.5) is 5.95 Å². The predicted octanol–water partition coefficient (Wildman–Crippen LogP) is 2.20. The summed E-state index contributed by atoms with van der Waals surface area (Å²) in [7, 11) is 0. The Morgan fingerprint density at radius 3 is 2.72 bits per heavy atom. The number of rotatable bonds is 5. The Morgan fingerprint density at radius 2 is 2.06 bits per heavy atom. The molecule has 6 heteroatoms. The molecule has 1 aliphatic heterocycles. The average Bonchev–Trinajstić information content (AvgIpc) is 2.72. The zero-order valence-electron chi connectivity index (χ0n) is 11.0. The van der Waals surface area contributed by atoms with Crippen molar-refractivity contribution in [2.45, 2.75) is 38.1 Å². The minimum Gasteiger partial charge on any atom is -0.338 e. The molecule has 1 aromatic rings. The first-order valence-electron chi connectivity index (χ1n) is 6.64. The van der Waals surface area contributed by atoms with E-state index in [9.17, 15) is 0 Å². The highest BCUT2D eigenvalue weighted by Gasteiger charge is 2.19. The zero-order chi connectivity index (χ0) is 12.8. The fourth-order valence-corrected chi connectivity index (χ4v) is 2.63. The molecule has 1 aromatic heterocycles. The first kappa shape index (κ1) is 13.7. The molecule has 0 amide bonds. The Hall–Kier alpha value is -0.750. The van der Waals surface area contributed by atoms with Crippen molar-refractivity contribution >= 4 is 17.7 Å². The molecule has 1 aliphatic rings. The zero-order valence-corrected chi connectivity index (χ0v) is 11.8. The highest BCUT2D eigenvalue weighted by Crippen LogP contribution is 2.20. The Morgan fingerprint density at radius 1 is 1.33 bits per heavy atom. The second-order valence-electron chi connectivity index (χ2n) is 4.72. The molecule has 0 aliphatic carbocycles. The first-order valence-corrected chi connectivity index (χ1v) is 8.03. The smallest absolute Gasteiger partial charge is 0.266 e. The minimum atomic E-state index is -0.134. The molecule has 18 heavy (non-hydrogen) atoms. The monoisotopic (exact) mass is 270 g/mol. The van der Waals surface area contributed by atoms with Gasteiger partial charge in [0.05, 0.1) is 6.04 Å². The van der Waals surface area contributed by atoms with E-state index in [1.54, 1.807) is 11.8 Å². The molecule has 1 saturated heterocycles. The molecule has 0 saturated carbocycles. The van der Waals surface area contributed by atoms with Gasteiger partial charge in [0.2, 0.25) is 5.89 Å². The molecule has 5 nitrogen and oxygen atoms in total. The number of aromatic nitrogens is 2. The molecule has 2 N–H and O–H groups in total. The quantitative estimate of drug-likeness (QED) is 0.884. The van der Waals surface area contributed by atoms with Gasteiger partial charge in [-0.25, -0.2) is 0 Å². The molecule has 0 radical (unpaired) electrons. The maximum atomic E-state index is 6.03. The first-order chi connectivity index (χ1) is 8.81. The van der Waals surface area contributed by atoms with Gasteiger partial charge < -0.3 is 15.2 Å². The Balaban J connectivity index is 1.95. The van der Waals surface area contributed by atoms with Crippen LogP contribution >= 0.6 is 11.8 Å². The fourth-order valence-electron chi connectivity index (χ4n) is 2.15. The van der Waals surface area contributed by atoms with Crippen molar-refractivity contribution in [3.63, 3.8) is 0 Å². The van der Waals surface area contributed by atoms with E-state index < -0.39 is 0 Å². The number of hydrogen-bond donors (Lipinski definition) is 1. The maximum Gasteiger partial charge on any atom is 0.266 e. The van der Waals surface area contributed by atoms with E-state index in [4.69, 9.17) is 10.3 Å². The Kier molecular flexibility index (Phi) is 5.31. The van der Waals surface area contributed by atoms with Crippen molar-refractivity contribution in [2.24, 2.45) is 5.73 Å². The van der Waals surface area contributed by atoms with E-state index in [1.807, 2.05) is 0 Å². The molecule has 102 valence electrons. The van der Waals surface area contributed by atoms with Gasteiger partial charge in [0.25, 0.3) is 5.95 Å². The summed E-state index contributed by atoms with van der Waals surface area (Å²) in [6.07, 6.45) is 7.97. The summed E-state index contributed by atoms with van der Waals surface area (Å²) < 4.78 is 5.28. The molecule has 0 spiro atoms. The lowest BCUT2D eigenvalue weighted by Crippen LogP contribution is -2.25. The second-order valence-corrected chi connectivity index (χ2v) is 5.71. The standard InChI is InChI=1S/C12H22N4OS/c1-18-9-6-10(13)11-14-12(15-17-11)16-7-4-2-3-5-8-16/h10H,2-9,13H2,1H3/t10-/m0/s1. The van der Waals surface area contributed by atoms with Crippen LogP contribution in [0.2, 0.25) is 0 Å². The predicted molar refractivity (Wildman–Crippen MR) is 74.9 cm³/mol. The van der Waals surface area contributed by atoms with Gasteiger partial charge in [0, 0.05) is 13.1 Å². The van der Waals surface area contributed by atoms with E-state index in [0.717, 1.165) is 25.3 Å². The summed E-state index contributed by atoms with van der Waals surface area (Å²) in [5.74, 6) is 2.30. The number of thioether (sulfide) groups is 1. The fraction of sp³-hybridized carbons (Fsp3) is 0.833. The van der Waals surface area contributed by atoms with Crippen molar-refractivity contribution in [2.75, 3.05) is 30.0 Å². The summed E-state index contributed by atoms with van der Waals surface area (Å²) in [4.78, 5) is 6.65. The molecule has 1 fully saturated rings. The third-order valence-electron chi connectivity index (χ3n) is 3.27. The van der Waals surface area contributed by atoms with E-state index in [2.05, 4.69) is 21.3 Å². The highest BCUT2D eigenvalue weighted by atomic mass is 32.2. The number of hydrogen-bond acceptors (Lipinski definition) is 6. The lowest BCUT2D eigenvalue weighted by Gasteiger charge is -2.16. The van der Waals surface area contributed by atoms with E-state index >= 15 is 0 Å². The van der Waals surface area contributed by atoms with E-state index in [-0.39, 0.29) is 6.04 Å². The third kappa shape index (κ3) is 3.62. The largest absolute Gasteiger partial charge is 0.338 e. The molecular formula is C12H22N4OS. The number of anilines is 1. The van der Waals surface area contributed by atoms with Gasteiger partial charge >= 0.3 is 0 Å². The van der Waals surface area contributed by atoms with E-state index in [0.29, 0.717) is 11.8 Å². The van der Waals surface area contributed by atoms with Crippen molar-refractivity contribution in [1.29, 1.82) is 0 Å². The molecule has 0 unspecified atom stereocenters. The van der Waals surface area contributed by atoms with Crippen LogP contribution in [-0.4, -0.2) is 35.2 Å². The maximum absolute atomic E-state index is 6.03. The number of nitrogens with two attached hydrogens (primary N) is 1. The van der Waals surface area contributed by atoms with E-state index in [1.165, 1.54) is 25.7 Å². The normalized spacial score (nSPS) is 18.7. The average molecular weight is 270 g/mol. The number of nitrogens with zero attached hydrogens (tertiary/aromatic N) is 3. The molecule has 2 heterocycles. The van der Waals surface area contributed by atoms with Crippen molar-refractivity contribution in [3.05, 3.63) is 5.89 Å². The van der Waals surface area contributed by atoms with Crippen LogP contribution in [-0.2, 0) is 0 Å².